The van der Waals surface area contributed by atoms with Crippen molar-refractivity contribution in [2.45, 2.75) is 32.9 Å². The molecule has 1 aliphatic rings. The number of fused-ring (bicyclic) bond motifs is 1. The van der Waals surface area contributed by atoms with Crippen LogP contribution in [0, 0.1) is 12.8 Å². The Bertz CT molecular complexity index is 777. The van der Waals surface area contributed by atoms with Crippen LogP contribution in [0.15, 0.2) is 0 Å². The van der Waals surface area contributed by atoms with Crippen LogP contribution < -0.4 is 15.4 Å². The summed E-state index contributed by atoms with van der Waals surface area (Å²) >= 11 is 1.37. The zero-order valence-corrected chi connectivity index (χ0v) is 15.8. The Morgan fingerprint density at radius 2 is 2.20 bits per heavy atom. The number of nitrogens with one attached hydrogen (secondary N) is 2. The SMILES string of the molecule is COCc1nc(OC)c2c(C)c(C(=O)NC3CNCCC3C)sc2n1. The molecule has 3 heterocycles. The van der Waals surface area contributed by atoms with Crippen molar-refractivity contribution in [1.29, 1.82) is 0 Å². The molecule has 2 aromatic heterocycles. The number of aryl methyl sites for hydroxylation is 1. The predicted octanol–water partition coefficient (Wildman–Crippen LogP) is 1.88. The van der Waals surface area contributed by atoms with Gasteiger partial charge >= 0.3 is 0 Å². The molecule has 0 aliphatic carbocycles. The number of ether oxygens (including phenoxy) is 2. The van der Waals surface area contributed by atoms with Crippen LogP contribution in [0.25, 0.3) is 10.2 Å². The average molecular weight is 364 g/mol. The molecular weight excluding hydrogens is 340 g/mol. The zero-order valence-electron chi connectivity index (χ0n) is 15.0. The van der Waals surface area contributed by atoms with Crippen LogP contribution >= 0.6 is 11.3 Å². The molecule has 0 radical (unpaired) electrons. The van der Waals surface area contributed by atoms with Crippen LogP contribution in [0.2, 0.25) is 0 Å². The van der Waals surface area contributed by atoms with Gasteiger partial charge in [-0.15, -0.1) is 11.3 Å². The molecule has 3 rings (SSSR count). The summed E-state index contributed by atoms with van der Waals surface area (Å²) in [6.45, 7) is 6.20. The Labute approximate surface area is 151 Å². The van der Waals surface area contributed by atoms with E-state index in [1.165, 1.54) is 11.3 Å². The minimum atomic E-state index is -0.0589. The fourth-order valence-electron chi connectivity index (χ4n) is 3.12. The molecule has 8 heteroatoms. The second-order valence-electron chi connectivity index (χ2n) is 6.37. The topological polar surface area (TPSA) is 85.4 Å². The number of carbonyl (C=O) groups excluding carboxylic acids is 1. The summed E-state index contributed by atoms with van der Waals surface area (Å²) in [5, 5.41) is 7.29. The van der Waals surface area contributed by atoms with Crippen molar-refractivity contribution in [3.05, 3.63) is 16.3 Å². The van der Waals surface area contributed by atoms with Crippen molar-refractivity contribution in [2.24, 2.45) is 5.92 Å². The van der Waals surface area contributed by atoms with Gasteiger partial charge in [-0.1, -0.05) is 6.92 Å². The predicted molar refractivity (Wildman–Crippen MR) is 97.3 cm³/mol. The number of piperidine rings is 1. The molecule has 2 aromatic rings. The minimum Gasteiger partial charge on any atom is -0.480 e. The first-order chi connectivity index (χ1) is 12.0. The first-order valence-corrected chi connectivity index (χ1v) is 9.21. The van der Waals surface area contributed by atoms with Crippen molar-refractivity contribution < 1.29 is 14.3 Å². The van der Waals surface area contributed by atoms with E-state index in [0.717, 1.165) is 35.3 Å². The molecular formula is C17H24N4O3S. The molecule has 2 atom stereocenters. The van der Waals surface area contributed by atoms with Crippen LogP contribution in [0.5, 0.6) is 5.88 Å². The maximum Gasteiger partial charge on any atom is 0.261 e. The third-order valence-electron chi connectivity index (χ3n) is 4.62. The number of aromatic nitrogens is 2. The summed E-state index contributed by atoms with van der Waals surface area (Å²) in [7, 11) is 3.17. The standard InChI is InChI=1S/C17H24N4O3S/c1-9-5-6-18-7-11(9)19-15(22)14-10(2)13-16(24-4)20-12(8-23-3)21-17(13)25-14/h9,11,18H,5-8H2,1-4H3,(H,19,22). The number of nitrogens with zero attached hydrogens (tertiary/aromatic N) is 2. The maximum absolute atomic E-state index is 12.8. The van der Waals surface area contributed by atoms with Gasteiger partial charge in [0, 0.05) is 19.7 Å². The maximum atomic E-state index is 12.8. The summed E-state index contributed by atoms with van der Waals surface area (Å²) in [4.78, 5) is 23.1. The lowest BCUT2D eigenvalue weighted by molar-refractivity contribution is 0.0919. The fourth-order valence-corrected chi connectivity index (χ4v) is 4.21. The van der Waals surface area contributed by atoms with Crippen LogP contribution in [-0.2, 0) is 11.3 Å². The average Bonchev–Trinajstić information content (AvgIpc) is 2.93. The first-order valence-electron chi connectivity index (χ1n) is 8.39. The van der Waals surface area contributed by atoms with E-state index in [0.29, 0.717) is 29.1 Å². The highest BCUT2D eigenvalue weighted by Gasteiger charge is 2.26. The van der Waals surface area contributed by atoms with Gasteiger partial charge in [0.2, 0.25) is 5.88 Å². The molecule has 0 aromatic carbocycles. The van der Waals surface area contributed by atoms with E-state index in [4.69, 9.17) is 9.47 Å². The summed E-state index contributed by atoms with van der Waals surface area (Å²) in [6.07, 6.45) is 1.07. The van der Waals surface area contributed by atoms with Gasteiger partial charge in [-0.2, -0.15) is 4.98 Å². The number of amides is 1. The largest absolute Gasteiger partial charge is 0.480 e. The molecule has 0 saturated carbocycles. The second kappa shape index (κ2) is 7.63. The molecule has 1 aliphatic heterocycles. The summed E-state index contributed by atoms with van der Waals surface area (Å²) in [5.74, 6) is 1.43. The molecule has 1 saturated heterocycles. The molecule has 2 N–H and O–H groups in total. The Balaban J connectivity index is 1.93. The van der Waals surface area contributed by atoms with Crippen LogP contribution in [0.1, 0.15) is 34.4 Å². The minimum absolute atomic E-state index is 0.0589. The molecule has 1 fully saturated rings. The number of rotatable bonds is 5. The number of thiophene rings is 1. The van der Waals surface area contributed by atoms with Crippen LogP contribution in [0.4, 0.5) is 0 Å². The second-order valence-corrected chi connectivity index (χ2v) is 7.37. The van der Waals surface area contributed by atoms with E-state index in [1.807, 2.05) is 6.92 Å². The highest BCUT2D eigenvalue weighted by Crippen LogP contribution is 2.35. The van der Waals surface area contributed by atoms with Gasteiger partial charge in [-0.3, -0.25) is 4.79 Å². The van der Waals surface area contributed by atoms with Gasteiger partial charge in [0.1, 0.15) is 11.4 Å². The zero-order chi connectivity index (χ0) is 18.0. The van der Waals surface area contributed by atoms with Crippen molar-refractivity contribution in [2.75, 3.05) is 27.3 Å². The lowest BCUT2D eigenvalue weighted by Gasteiger charge is -2.30. The molecule has 7 nitrogen and oxygen atoms in total. The normalized spacial score (nSPS) is 20.6. The number of hydrogen-bond acceptors (Lipinski definition) is 7. The highest BCUT2D eigenvalue weighted by atomic mass is 32.1. The van der Waals surface area contributed by atoms with E-state index in [-0.39, 0.29) is 11.9 Å². The lowest BCUT2D eigenvalue weighted by atomic mass is 9.95. The van der Waals surface area contributed by atoms with Crippen LogP contribution in [0.3, 0.4) is 0 Å². The number of hydrogen-bond donors (Lipinski definition) is 2. The van der Waals surface area contributed by atoms with Gasteiger partial charge in [0.25, 0.3) is 5.91 Å². The Morgan fingerprint density at radius 3 is 2.88 bits per heavy atom. The molecule has 2 unspecified atom stereocenters. The summed E-state index contributed by atoms with van der Waals surface area (Å²) < 4.78 is 10.5. The van der Waals surface area contributed by atoms with Gasteiger partial charge in [0.05, 0.1) is 17.4 Å². The third-order valence-corrected chi connectivity index (χ3v) is 5.80. The monoisotopic (exact) mass is 364 g/mol. The van der Waals surface area contributed by atoms with Crippen molar-refractivity contribution >= 4 is 27.5 Å². The highest BCUT2D eigenvalue weighted by molar-refractivity contribution is 7.20. The Kier molecular flexibility index (Phi) is 5.51. The summed E-state index contributed by atoms with van der Waals surface area (Å²) in [6, 6.07) is 0.142. The van der Waals surface area contributed by atoms with E-state index >= 15 is 0 Å². The van der Waals surface area contributed by atoms with Crippen molar-refractivity contribution in [3.63, 3.8) is 0 Å². The lowest BCUT2D eigenvalue weighted by Crippen LogP contribution is -2.50. The third kappa shape index (κ3) is 3.61. The van der Waals surface area contributed by atoms with Crippen molar-refractivity contribution in [1.82, 2.24) is 20.6 Å². The quantitative estimate of drug-likeness (QED) is 0.843. The van der Waals surface area contributed by atoms with Crippen LogP contribution in [-0.4, -0.2) is 49.2 Å². The number of methoxy groups -OCH3 is 2. The molecule has 1 amide bonds. The van der Waals surface area contributed by atoms with E-state index in [2.05, 4.69) is 27.5 Å². The van der Waals surface area contributed by atoms with Gasteiger partial charge in [-0.05, 0) is 31.4 Å². The van der Waals surface area contributed by atoms with Crippen molar-refractivity contribution in [3.8, 4) is 5.88 Å². The number of carbonyl (C=O) groups is 1. The molecule has 0 spiro atoms. The van der Waals surface area contributed by atoms with E-state index in [1.54, 1.807) is 14.2 Å². The Morgan fingerprint density at radius 1 is 1.40 bits per heavy atom. The summed E-state index contributed by atoms with van der Waals surface area (Å²) in [5.41, 5.74) is 0.856. The van der Waals surface area contributed by atoms with Gasteiger partial charge in [-0.25, -0.2) is 4.98 Å². The Hall–Kier alpha value is -1.77. The molecule has 136 valence electrons. The smallest absolute Gasteiger partial charge is 0.261 e. The van der Waals surface area contributed by atoms with Gasteiger partial charge < -0.3 is 20.1 Å². The molecule has 25 heavy (non-hydrogen) atoms. The van der Waals surface area contributed by atoms with E-state index in [9.17, 15) is 4.79 Å². The fraction of sp³-hybridized carbons (Fsp3) is 0.588. The van der Waals surface area contributed by atoms with E-state index < -0.39 is 0 Å². The first kappa shape index (κ1) is 18.0. The molecule has 0 bridgehead atoms. The van der Waals surface area contributed by atoms with Gasteiger partial charge in [0.15, 0.2) is 5.82 Å².